The van der Waals surface area contributed by atoms with Crippen molar-refractivity contribution in [2.45, 2.75) is 58.2 Å². The summed E-state index contributed by atoms with van der Waals surface area (Å²) in [5, 5.41) is 0. The molecule has 0 saturated carbocycles. The molecule has 1 aromatic rings. The summed E-state index contributed by atoms with van der Waals surface area (Å²) in [7, 11) is 2.27. The monoisotopic (exact) mass is 386 g/mol. The first kappa shape index (κ1) is 21.8. The van der Waals surface area contributed by atoms with Crippen LogP contribution >= 0.6 is 0 Å². The summed E-state index contributed by atoms with van der Waals surface area (Å²) in [4.78, 5) is 10.6. The molecule has 2 fully saturated rings. The fourth-order valence-electron chi connectivity index (χ4n) is 5.05. The molecule has 28 heavy (non-hydrogen) atoms. The topological polar surface area (TPSA) is 13.0 Å². The maximum atomic E-state index is 2.79. The van der Waals surface area contributed by atoms with Crippen LogP contribution in [-0.2, 0) is 6.54 Å². The molecule has 0 amide bonds. The molecule has 0 bridgehead atoms. The number of likely N-dealkylation sites (N-methyl/N-ethyl adjacent to an activating group) is 1. The van der Waals surface area contributed by atoms with Gasteiger partial charge in [0.15, 0.2) is 0 Å². The molecule has 3 rings (SSSR count). The van der Waals surface area contributed by atoms with Crippen LogP contribution in [0.15, 0.2) is 30.3 Å². The van der Waals surface area contributed by atoms with E-state index in [0.717, 1.165) is 18.6 Å². The van der Waals surface area contributed by atoms with Crippen LogP contribution in [-0.4, -0.2) is 91.1 Å². The maximum absolute atomic E-state index is 2.79. The van der Waals surface area contributed by atoms with Gasteiger partial charge in [-0.3, -0.25) is 4.90 Å². The van der Waals surface area contributed by atoms with Gasteiger partial charge in [-0.1, -0.05) is 44.2 Å². The van der Waals surface area contributed by atoms with Crippen molar-refractivity contribution in [2.75, 3.05) is 59.4 Å². The van der Waals surface area contributed by atoms with E-state index in [4.69, 9.17) is 0 Å². The predicted octanol–water partition coefficient (Wildman–Crippen LogP) is 3.39. The largest absolute Gasteiger partial charge is 0.302 e. The first-order valence-corrected chi connectivity index (χ1v) is 11.6. The minimum absolute atomic E-state index is 0.746. The van der Waals surface area contributed by atoms with Crippen LogP contribution in [0.4, 0.5) is 0 Å². The molecule has 2 saturated heterocycles. The van der Waals surface area contributed by atoms with Crippen LogP contribution in [0.2, 0.25) is 0 Å². The van der Waals surface area contributed by atoms with E-state index in [1.807, 2.05) is 0 Å². The second-order valence-electron chi connectivity index (χ2n) is 8.81. The van der Waals surface area contributed by atoms with Crippen LogP contribution < -0.4 is 0 Å². The average Bonchev–Trinajstić information content (AvgIpc) is 2.75. The van der Waals surface area contributed by atoms with Crippen molar-refractivity contribution in [1.29, 1.82) is 0 Å². The Morgan fingerprint density at radius 3 is 2.25 bits per heavy atom. The molecule has 0 N–H and O–H groups in total. The highest BCUT2D eigenvalue weighted by atomic mass is 15.3. The summed E-state index contributed by atoms with van der Waals surface area (Å²) in [6, 6.07) is 12.4. The predicted molar refractivity (Wildman–Crippen MR) is 120 cm³/mol. The normalized spacial score (nSPS) is 22.0. The summed E-state index contributed by atoms with van der Waals surface area (Å²) in [6.45, 7) is 15.8. The van der Waals surface area contributed by atoms with Gasteiger partial charge >= 0.3 is 0 Å². The highest BCUT2D eigenvalue weighted by molar-refractivity contribution is 5.14. The van der Waals surface area contributed by atoms with Gasteiger partial charge < -0.3 is 14.7 Å². The Labute approximate surface area is 173 Å². The van der Waals surface area contributed by atoms with Gasteiger partial charge in [0.2, 0.25) is 0 Å². The van der Waals surface area contributed by atoms with Crippen molar-refractivity contribution in [3.63, 3.8) is 0 Å². The molecular formula is C24H42N4. The Morgan fingerprint density at radius 2 is 1.64 bits per heavy atom. The molecule has 4 nitrogen and oxygen atoms in total. The van der Waals surface area contributed by atoms with Crippen LogP contribution in [0, 0.1) is 0 Å². The lowest BCUT2D eigenvalue weighted by molar-refractivity contribution is 0.0453. The quantitative estimate of drug-likeness (QED) is 0.645. The molecule has 2 aliphatic heterocycles. The lowest BCUT2D eigenvalue weighted by Gasteiger charge is -2.44. The minimum Gasteiger partial charge on any atom is -0.302 e. The van der Waals surface area contributed by atoms with Gasteiger partial charge in [-0.25, -0.2) is 0 Å². The third-order valence-electron chi connectivity index (χ3n) is 7.00. The molecule has 158 valence electrons. The van der Waals surface area contributed by atoms with E-state index in [1.165, 1.54) is 83.6 Å². The smallest absolute Gasteiger partial charge is 0.0230 e. The number of nitrogens with zero attached hydrogens (tertiary/aromatic N) is 4. The molecule has 2 heterocycles. The van der Waals surface area contributed by atoms with Crippen LogP contribution in [0.1, 0.15) is 45.1 Å². The third kappa shape index (κ3) is 6.28. The number of rotatable bonds is 9. The van der Waals surface area contributed by atoms with Crippen molar-refractivity contribution in [1.82, 2.24) is 19.6 Å². The van der Waals surface area contributed by atoms with Crippen LogP contribution in [0.5, 0.6) is 0 Å². The SMILES string of the molecule is CCC(CCN(C)Cc1ccccc1)N1CCC(N2CCN(CC)CC2)CC1. The van der Waals surface area contributed by atoms with E-state index in [2.05, 4.69) is 70.8 Å². The first-order chi connectivity index (χ1) is 13.7. The number of piperidine rings is 1. The lowest BCUT2D eigenvalue weighted by atomic mass is 9.98. The first-order valence-electron chi connectivity index (χ1n) is 11.6. The molecular weight excluding hydrogens is 344 g/mol. The Morgan fingerprint density at radius 1 is 0.964 bits per heavy atom. The lowest BCUT2D eigenvalue weighted by Crippen LogP contribution is -2.54. The van der Waals surface area contributed by atoms with Crippen molar-refractivity contribution in [3.05, 3.63) is 35.9 Å². The molecule has 1 aromatic carbocycles. The summed E-state index contributed by atoms with van der Waals surface area (Å²) in [6.07, 6.45) is 5.30. The average molecular weight is 387 g/mol. The Hall–Kier alpha value is -0.940. The van der Waals surface area contributed by atoms with Crippen LogP contribution in [0.25, 0.3) is 0 Å². The Bertz CT molecular complexity index is 533. The van der Waals surface area contributed by atoms with Gasteiger partial charge in [0.05, 0.1) is 0 Å². The van der Waals surface area contributed by atoms with Gasteiger partial charge in [-0.05, 0) is 64.5 Å². The van der Waals surface area contributed by atoms with Crippen molar-refractivity contribution < 1.29 is 0 Å². The van der Waals surface area contributed by atoms with E-state index in [1.54, 1.807) is 0 Å². The van der Waals surface area contributed by atoms with E-state index >= 15 is 0 Å². The fraction of sp³-hybridized carbons (Fsp3) is 0.750. The van der Waals surface area contributed by atoms with Gasteiger partial charge in [0.25, 0.3) is 0 Å². The number of hydrogen-bond donors (Lipinski definition) is 0. The third-order valence-corrected chi connectivity index (χ3v) is 7.00. The van der Waals surface area contributed by atoms with Gasteiger partial charge in [0.1, 0.15) is 0 Å². The summed E-state index contributed by atoms with van der Waals surface area (Å²) >= 11 is 0. The molecule has 0 aliphatic carbocycles. The van der Waals surface area contributed by atoms with E-state index in [-0.39, 0.29) is 0 Å². The zero-order chi connectivity index (χ0) is 19.8. The van der Waals surface area contributed by atoms with Crippen molar-refractivity contribution >= 4 is 0 Å². The summed E-state index contributed by atoms with van der Waals surface area (Å²) in [5.41, 5.74) is 1.42. The number of piperazine rings is 1. The second kappa shape index (κ2) is 11.3. The minimum atomic E-state index is 0.746. The zero-order valence-corrected chi connectivity index (χ0v) is 18.5. The van der Waals surface area contributed by atoms with Crippen LogP contribution in [0.3, 0.4) is 0 Å². The highest BCUT2D eigenvalue weighted by Crippen LogP contribution is 2.22. The Balaban J connectivity index is 1.38. The number of benzene rings is 1. The molecule has 0 aromatic heterocycles. The Kier molecular flexibility index (Phi) is 8.78. The highest BCUT2D eigenvalue weighted by Gasteiger charge is 2.29. The second-order valence-corrected chi connectivity index (χ2v) is 8.81. The molecule has 1 atom stereocenters. The van der Waals surface area contributed by atoms with Gasteiger partial charge in [-0.2, -0.15) is 0 Å². The molecule has 0 spiro atoms. The van der Waals surface area contributed by atoms with Crippen molar-refractivity contribution in [3.8, 4) is 0 Å². The van der Waals surface area contributed by atoms with Gasteiger partial charge in [0, 0.05) is 44.8 Å². The molecule has 1 unspecified atom stereocenters. The number of hydrogen-bond acceptors (Lipinski definition) is 4. The molecule has 0 radical (unpaired) electrons. The number of likely N-dealkylation sites (tertiary alicyclic amines) is 1. The maximum Gasteiger partial charge on any atom is 0.0230 e. The zero-order valence-electron chi connectivity index (χ0n) is 18.5. The van der Waals surface area contributed by atoms with E-state index < -0.39 is 0 Å². The van der Waals surface area contributed by atoms with Gasteiger partial charge in [-0.15, -0.1) is 0 Å². The van der Waals surface area contributed by atoms with Crippen molar-refractivity contribution in [2.24, 2.45) is 0 Å². The van der Waals surface area contributed by atoms with E-state index in [9.17, 15) is 0 Å². The molecule has 4 heteroatoms. The standard InChI is InChI=1S/C24H42N4/c1-4-23(11-14-25(3)21-22-9-7-6-8-10-22)27-15-12-24(13-16-27)28-19-17-26(5-2)18-20-28/h6-10,23-24H,4-5,11-21H2,1-3H3. The summed E-state index contributed by atoms with van der Waals surface area (Å²) in [5.74, 6) is 0. The molecule has 2 aliphatic rings. The summed E-state index contributed by atoms with van der Waals surface area (Å²) < 4.78 is 0. The van der Waals surface area contributed by atoms with E-state index in [0.29, 0.717) is 0 Å². The fourth-order valence-corrected chi connectivity index (χ4v) is 5.05.